The molecule has 1 aliphatic carbocycles. The van der Waals surface area contributed by atoms with Gasteiger partial charge < -0.3 is 16.0 Å². The Balaban J connectivity index is 1.81. The van der Waals surface area contributed by atoms with E-state index in [1.807, 2.05) is 6.33 Å². The number of benzene rings is 1. The van der Waals surface area contributed by atoms with Gasteiger partial charge in [-0.25, -0.2) is 9.98 Å². The lowest BCUT2D eigenvalue weighted by molar-refractivity contribution is 0.305. The lowest BCUT2D eigenvalue weighted by Gasteiger charge is -2.45. The molecule has 0 amide bonds. The van der Waals surface area contributed by atoms with Gasteiger partial charge in [0.05, 0.1) is 17.4 Å². The molecule has 138 valence electrons. The first-order valence-electron chi connectivity index (χ1n) is 9.27. The average Bonchev–Trinajstić information content (AvgIpc) is 2.98. The number of aliphatic imine (C=N–C) groups is 2. The van der Waals surface area contributed by atoms with Crippen LogP contribution in [0.2, 0.25) is 0 Å². The van der Waals surface area contributed by atoms with E-state index in [1.165, 1.54) is 6.42 Å². The Hall–Kier alpha value is -2.57. The van der Waals surface area contributed by atoms with Gasteiger partial charge in [-0.3, -0.25) is 4.90 Å². The van der Waals surface area contributed by atoms with Crippen molar-refractivity contribution in [2.45, 2.75) is 64.1 Å². The van der Waals surface area contributed by atoms with Crippen molar-refractivity contribution in [2.24, 2.45) is 21.5 Å². The van der Waals surface area contributed by atoms with Gasteiger partial charge in [0.15, 0.2) is 0 Å². The highest BCUT2D eigenvalue weighted by Gasteiger charge is 2.42. The standard InChI is InChI=1S/C19H27N7/c1-18(2,3)25-12-22-14-11-13(7-8-15(14)25)26-17(21)23-16(20)24-19(26)9-5-4-6-10-19/h7-8,11-12H,4-6,9-10H2,1-3H3,(H4,20,21,23,24). The fourth-order valence-electron chi connectivity index (χ4n) is 4.17. The molecular formula is C19H27N7. The van der Waals surface area contributed by atoms with Crippen LogP contribution in [0.15, 0.2) is 34.5 Å². The van der Waals surface area contributed by atoms with Crippen LogP contribution in [0.5, 0.6) is 0 Å². The molecular weight excluding hydrogens is 326 g/mol. The molecule has 26 heavy (non-hydrogen) atoms. The first-order chi connectivity index (χ1) is 12.3. The Morgan fingerprint density at radius 3 is 2.50 bits per heavy atom. The molecule has 1 aromatic heterocycles. The molecule has 4 rings (SSSR count). The van der Waals surface area contributed by atoms with E-state index in [0.717, 1.165) is 42.4 Å². The van der Waals surface area contributed by atoms with Gasteiger partial charge in [-0.05, 0) is 64.7 Å². The van der Waals surface area contributed by atoms with E-state index < -0.39 is 5.66 Å². The maximum atomic E-state index is 6.31. The highest BCUT2D eigenvalue weighted by Crippen LogP contribution is 2.40. The molecule has 0 bridgehead atoms. The molecule has 2 heterocycles. The largest absolute Gasteiger partial charge is 0.369 e. The number of aromatic nitrogens is 2. The van der Waals surface area contributed by atoms with Gasteiger partial charge in [-0.1, -0.05) is 6.42 Å². The Morgan fingerprint density at radius 2 is 1.81 bits per heavy atom. The van der Waals surface area contributed by atoms with Crippen LogP contribution >= 0.6 is 0 Å². The van der Waals surface area contributed by atoms with Crippen molar-refractivity contribution >= 4 is 28.6 Å². The normalized spacial score (nSPS) is 20.3. The number of fused-ring (bicyclic) bond motifs is 1. The minimum Gasteiger partial charge on any atom is -0.369 e. The maximum absolute atomic E-state index is 6.31. The molecule has 1 saturated carbocycles. The second-order valence-corrected chi connectivity index (χ2v) is 8.28. The quantitative estimate of drug-likeness (QED) is 0.823. The molecule has 7 nitrogen and oxygen atoms in total. The van der Waals surface area contributed by atoms with Gasteiger partial charge in [0.2, 0.25) is 11.9 Å². The summed E-state index contributed by atoms with van der Waals surface area (Å²) >= 11 is 0. The number of rotatable bonds is 1. The third kappa shape index (κ3) is 2.62. The Labute approximate surface area is 153 Å². The summed E-state index contributed by atoms with van der Waals surface area (Å²) in [6.45, 7) is 6.52. The fraction of sp³-hybridized carbons (Fsp3) is 0.526. The van der Waals surface area contributed by atoms with Gasteiger partial charge >= 0.3 is 0 Å². The van der Waals surface area contributed by atoms with Gasteiger partial charge in [-0.15, -0.1) is 0 Å². The smallest absolute Gasteiger partial charge is 0.220 e. The number of nitrogens with zero attached hydrogens (tertiary/aromatic N) is 5. The van der Waals surface area contributed by atoms with Crippen LogP contribution in [-0.2, 0) is 5.54 Å². The van der Waals surface area contributed by atoms with E-state index in [0.29, 0.717) is 5.96 Å². The monoisotopic (exact) mass is 353 g/mol. The minimum atomic E-state index is -0.422. The highest BCUT2D eigenvalue weighted by molar-refractivity contribution is 6.06. The molecule has 4 N–H and O–H groups in total. The summed E-state index contributed by atoms with van der Waals surface area (Å²) in [6.07, 6.45) is 7.20. The Bertz CT molecular complexity index is 894. The van der Waals surface area contributed by atoms with Gasteiger partial charge in [0.1, 0.15) is 5.66 Å². The van der Waals surface area contributed by atoms with Crippen LogP contribution in [0.25, 0.3) is 11.0 Å². The molecule has 1 aromatic carbocycles. The zero-order valence-corrected chi connectivity index (χ0v) is 15.7. The summed E-state index contributed by atoms with van der Waals surface area (Å²) < 4.78 is 2.19. The molecule has 0 radical (unpaired) electrons. The van der Waals surface area contributed by atoms with Crippen molar-refractivity contribution in [2.75, 3.05) is 4.90 Å². The Kier molecular flexibility index (Phi) is 3.71. The average molecular weight is 353 g/mol. The van der Waals surface area contributed by atoms with Crippen molar-refractivity contribution in [1.29, 1.82) is 0 Å². The summed E-state index contributed by atoms with van der Waals surface area (Å²) in [4.78, 5) is 15.6. The molecule has 0 saturated heterocycles. The van der Waals surface area contributed by atoms with Crippen molar-refractivity contribution in [3.05, 3.63) is 24.5 Å². The summed E-state index contributed by atoms with van der Waals surface area (Å²) in [5, 5.41) is 0. The molecule has 1 fully saturated rings. The fourth-order valence-corrected chi connectivity index (χ4v) is 4.17. The topological polar surface area (TPSA) is 97.8 Å². The zero-order chi connectivity index (χ0) is 18.5. The van der Waals surface area contributed by atoms with Gasteiger partial charge in [0, 0.05) is 11.2 Å². The predicted molar refractivity (Wildman–Crippen MR) is 106 cm³/mol. The summed E-state index contributed by atoms with van der Waals surface area (Å²) in [5.41, 5.74) is 14.8. The number of nitrogens with two attached hydrogens (primary N) is 2. The van der Waals surface area contributed by atoms with Crippen molar-refractivity contribution in [1.82, 2.24) is 9.55 Å². The summed E-state index contributed by atoms with van der Waals surface area (Å²) in [6, 6.07) is 6.27. The minimum absolute atomic E-state index is 0.0226. The molecule has 0 atom stereocenters. The number of hydrogen-bond acceptors (Lipinski definition) is 6. The van der Waals surface area contributed by atoms with Gasteiger partial charge in [-0.2, -0.15) is 4.99 Å². The Morgan fingerprint density at radius 1 is 1.08 bits per heavy atom. The second kappa shape index (κ2) is 5.72. The number of guanidine groups is 2. The van der Waals surface area contributed by atoms with Crippen LogP contribution in [0.4, 0.5) is 5.69 Å². The van der Waals surface area contributed by atoms with E-state index in [1.54, 1.807) is 0 Å². The third-order valence-electron chi connectivity index (χ3n) is 5.36. The summed E-state index contributed by atoms with van der Waals surface area (Å²) in [7, 11) is 0. The van der Waals surface area contributed by atoms with Gasteiger partial charge in [0.25, 0.3) is 0 Å². The lowest BCUT2D eigenvalue weighted by atomic mass is 9.87. The lowest BCUT2D eigenvalue weighted by Crippen LogP contribution is -2.58. The molecule has 2 aliphatic rings. The molecule has 7 heteroatoms. The molecule has 1 aliphatic heterocycles. The molecule has 2 aromatic rings. The predicted octanol–water partition coefficient (Wildman–Crippen LogP) is 2.90. The van der Waals surface area contributed by atoms with E-state index >= 15 is 0 Å². The SMILES string of the molecule is CC(C)(C)n1cnc2cc(N3C(N)=NC(N)=NC34CCCCC4)ccc21. The van der Waals surface area contributed by atoms with E-state index in [4.69, 9.17) is 16.5 Å². The van der Waals surface area contributed by atoms with Crippen molar-refractivity contribution in [3.8, 4) is 0 Å². The number of imidazole rings is 1. The van der Waals surface area contributed by atoms with Crippen LogP contribution in [0.1, 0.15) is 52.9 Å². The van der Waals surface area contributed by atoms with Crippen molar-refractivity contribution in [3.63, 3.8) is 0 Å². The number of anilines is 1. The van der Waals surface area contributed by atoms with Crippen molar-refractivity contribution < 1.29 is 0 Å². The van der Waals surface area contributed by atoms with Crippen LogP contribution in [0.3, 0.4) is 0 Å². The maximum Gasteiger partial charge on any atom is 0.220 e. The number of hydrogen-bond donors (Lipinski definition) is 2. The van der Waals surface area contributed by atoms with E-state index in [-0.39, 0.29) is 11.5 Å². The third-order valence-corrected chi connectivity index (χ3v) is 5.36. The van der Waals surface area contributed by atoms with Crippen LogP contribution in [0, 0.1) is 0 Å². The van der Waals surface area contributed by atoms with E-state index in [2.05, 4.69) is 58.4 Å². The first-order valence-corrected chi connectivity index (χ1v) is 9.27. The van der Waals surface area contributed by atoms with Crippen LogP contribution < -0.4 is 16.4 Å². The second-order valence-electron chi connectivity index (χ2n) is 8.28. The highest BCUT2D eigenvalue weighted by atomic mass is 15.4. The molecule has 0 unspecified atom stereocenters. The van der Waals surface area contributed by atoms with Crippen LogP contribution in [-0.4, -0.2) is 27.1 Å². The zero-order valence-electron chi connectivity index (χ0n) is 15.7. The summed E-state index contributed by atoms with van der Waals surface area (Å²) in [5.74, 6) is 0.688. The first kappa shape index (κ1) is 16.9. The molecule has 1 spiro atoms. The van der Waals surface area contributed by atoms with E-state index in [9.17, 15) is 0 Å².